The van der Waals surface area contributed by atoms with Gasteiger partial charge in [0, 0.05) is 11.4 Å². The zero-order valence-corrected chi connectivity index (χ0v) is 13.4. The van der Waals surface area contributed by atoms with Gasteiger partial charge in [0.25, 0.3) is 0 Å². The first kappa shape index (κ1) is 16.9. The van der Waals surface area contributed by atoms with Crippen molar-refractivity contribution in [3.05, 3.63) is 0 Å². The third-order valence-corrected chi connectivity index (χ3v) is 3.89. The number of nitrogens with zero attached hydrogens (tertiary/aromatic N) is 1. The zero-order valence-electron chi connectivity index (χ0n) is 12.6. The molecule has 1 atom stereocenters. The van der Waals surface area contributed by atoms with E-state index in [-0.39, 0.29) is 0 Å². The van der Waals surface area contributed by atoms with E-state index < -0.39 is 23.2 Å². The lowest BCUT2D eigenvalue weighted by molar-refractivity contribution is -0.146. The predicted octanol–water partition coefficient (Wildman–Crippen LogP) is 3.01. The molecule has 1 rings (SSSR count). The van der Waals surface area contributed by atoms with Gasteiger partial charge in [0.15, 0.2) is 5.54 Å². The Morgan fingerprint density at radius 1 is 1.45 bits per heavy atom. The molecule has 0 unspecified atom stereocenters. The van der Waals surface area contributed by atoms with E-state index in [0.29, 0.717) is 30.7 Å². The molecule has 0 saturated carbocycles. The quantitative estimate of drug-likeness (QED) is 0.808. The van der Waals surface area contributed by atoms with Crippen LogP contribution < -0.4 is 0 Å². The summed E-state index contributed by atoms with van der Waals surface area (Å²) in [5.74, 6) is -1.06. The number of hydrogen-bond donors (Lipinski definition) is 1. The molecule has 20 heavy (non-hydrogen) atoms. The molecule has 0 aromatic rings. The van der Waals surface area contributed by atoms with Crippen LogP contribution in [0.4, 0.5) is 4.79 Å². The summed E-state index contributed by atoms with van der Waals surface area (Å²) in [5, 5.41) is 9.64. The van der Waals surface area contributed by atoms with Gasteiger partial charge in [-0.1, -0.05) is 32.0 Å². The smallest absolute Gasteiger partial charge is 0.411 e. The Labute approximate surface area is 125 Å². The van der Waals surface area contributed by atoms with Crippen LogP contribution in [0.25, 0.3) is 0 Å². The summed E-state index contributed by atoms with van der Waals surface area (Å²) >= 11 is 5.25. The van der Waals surface area contributed by atoms with Crippen LogP contribution in [-0.2, 0) is 9.53 Å². The third kappa shape index (κ3) is 3.29. The number of carboxylic acid groups (broad SMARTS) is 1. The van der Waals surface area contributed by atoms with Crippen molar-refractivity contribution in [2.24, 2.45) is 0 Å². The number of likely N-dealkylation sites (tertiary alicyclic amines) is 1. The van der Waals surface area contributed by atoms with Gasteiger partial charge >= 0.3 is 12.1 Å². The number of rotatable bonds is 4. The summed E-state index contributed by atoms with van der Waals surface area (Å²) in [6, 6.07) is 0. The Kier molecular flexibility index (Phi) is 5.13. The van der Waals surface area contributed by atoms with Crippen LogP contribution in [0.1, 0.15) is 53.4 Å². The van der Waals surface area contributed by atoms with Crippen LogP contribution in [0, 0.1) is 0 Å². The summed E-state index contributed by atoms with van der Waals surface area (Å²) in [5.41, 5.74) is -2.04. The minimum absolute atomic E-state index is 0.309. The van der Waals surface area contributed by atoms with Crippen molar-refractivity contribution in [2.75, 3.05) is 6.54 Å². The zero-order chi connectivity index (χ0) is 15.6. The van der Waals surface area contributed by atoms with Gasteiger partial charge in [-0.25, -0.2) is 9.59 Å². The molecule has 1 aliphatic heterocycles. The lowest BCUT2D eigenvalue weighted by Gasteiger charge is -2.35. The highest BCUT2D eigenvalue weighted by atomic mass is 32.1. The normalized spacial score (nSPS) is 23.0. The number of carboxylic acids is 1. The molecule has 0 aromatic heterocycles. The number of unbranched alkanes of at least 4 members (excludes halogenated alkanes) is 1. The summed E-state index contributed by atoms with van der Waals surface area (Å²) < 4.78 is 5.32. The number of aliphatic carboxylic acids is 1. The Balaban J connectivity index is 3.06. The predicted molar refractivity (Wildman–Crippen MR) is 80.0 cm³/mol. The topological polar surface area (TPSA) is 66.8 Å². The molecule has 0 spiro atoms. The molecule has 5 nitrogen and oxygen atoms in total. The van der Waals surface area contributed by atoms with E-state index >= 15 is 0 Å². The first-order valence-corrected chi connectivity index (χ1v) is 7.33. The van der Waals surface area contributed by atoms with Crippen LogP contribution >= 0.6 is 12.2 Å². The van der Waals surface area contributed by atoms with Crippen molar-refractivity contribution in [1.29, 1.82) is 0 Å². The van der Waals surface area contributed by atoms with Gasteiger partial charge in [0.05, 0.1) is 0 Å². The van der Waals surface area contributed by atoms with Crippen molar-refractivity contribution in [3.63, 3.8) is 0 Å². The Hall–Kier alpha value is -1.17. The molecule has 0 bridgehead atoms. The minimum atomic E-state index is -1.38. The molecule has 1 fully saturated rings. The molecular weight excluding hydrogens is 278 g/mol. The summed E-state index contributed by atoms with van der Waals surface area (Å²) in [7, 11) is 0. The van der Waals surface area contributed by atoms with Gasteiger partial charge in [-0.15, -0.1) is 0 Å². The van der Waals surface area contributed by atoms with Gasteiger partial charge in [-0.05, 0) is 33.6 Å². The van der Waals surface area contributed by atoms with E-state index in [1.54, 1.807) is 20.8 Å². The van der Waals surface area contributed by atoms with Crippen LogP contribution in [0.3, 0.4) is 0 Å². The van der Waals surface area contributed by atoms with Crippen molar-refractivity contribution in [2.45, 2.75) is 64.5 Å². The molecule has 0 aliphatic carbocycles. The fraction of sp³-hybridized carbons (Fsp3) is 0.786. The molecule has 1 amide bonds. The fourth-order valence-corrected chi connectivity index (χ4v) is 2.77. The summed E-state index contributed by atoms with van der Waals surface area (Å²) in [6.07, 6.45) is 1.73. The van der Waals surface area contributed by atoms with E-state index in [4.69, 9.17) is 17.0 Å². The maximum absolute atomic E-state index is 12.3. The Morgan fingerprint density at radius 3 is 2.50 bits per heavy atom. The highest BCUT2D eigenvalue weighted by molar-refractivity contribution is 7.80. The molecule has 114 valence electrons. The maximum Gasteiger partial charge on any atom is 0.411 e. The van der Waals surface area contributed by atoms with Crippen molar-refractivity contribution in [3.8, 4) is 0 Å². The largest absolute Gasteiger partial charge is 0.479 e. The average molecular weight is 301 g/mol. The molecule has 0 aromatic carbocycles. The average Bonchev–Trinajstić information content (AvgIpc) is 2.62. The van der Waals surface area contributed by atoms with E-state index in [2.05, 4.69) is 0 Å². The second-order valence-corrected chi connectivity index (χ2v) is 6.57. The van der Waals surface area contributed by atoms with E-state index in [9.17, 15) is 14.7 Å². The van der Waals surface area contributed by atoms with Gasteiger partial charge in [-0.2, -0.15) is 0 Å². The SMILES string of the molecule is CCCC[C@@]1(C(=O)O)C(=S)CCN1C(=O)OC(C)(C)C. The van der Waals surface area contributed by atoms with Gasteiger partial charge < -0.3 is 9.84 Å². The first-order valence-electron chi connectivity index (χ1n) is 6.92. The summed E-state index contributed by atoms with van der Waals surface area (Å²) in [6.45, 7) is 7.56. The molecule has 6 heteroatoms. The van der Waals surface area contributed by atoms with Gasteiger partial charge in [-0.3, -0.25) is 4.90 Å². The number of carbonyl (C=O) groups excluding carboxylic acids is 1. The lowest BCUT2D eigenvalue weighted by Crippen LogP contribution is -2.57. The number of thiocarbonyl (C=S) groups is 1. The van der Waals surface area contributed by atoms with Crippen LogP contribution in [0.2, 0.25) is 0 Å². The molecule has 0 radical (unpaired) electrons. The number of ether oxygens (including phenoxy) is 1. The Bertz CT molecular complexity index is 416. The third-order valence-electron chi connectivity index (χ3n) is 3.34. The second kappa shape index (κ2) is 6.08. The second-order valence-electron chi connectivity index (χ2n) is 6.07. The number of amides is 1. The van der Waals surface area contributed by atoms with Gasteiger partial charge in [0.2, 0.25) is 0 Å². The van der Waals surface area contributed by atoms with E-state index in [1.807, 2.05) is 6.92 Å². The maximum atomic E-state index is 12.3. The van der Waals surface area contributed by atoms with Crippen LogP contribution in [0.15, 0.2) is 0 Å². The fourth-order valence-electron chi connectivity index (χ4n) is 2.37. The van der Waals surface area contributed by atoms with Crippen LogP contribution in [0.5, 0.6) is 0 Å². The number of carbonyl (C=O) groups is 2. The van der Waals surface area contributed by atoms with Crippen LogP contribution in [-0.4, -0.2) is 44.6 Å². The molecule has 1 N–H and O–H groups in total. The van der Waals surface area contributed by atoms with Crippen molar-refractivity contribution < 1.29 is 19.4 Å². The highest BCUT2D eigenvalue weighted by Gasteiger charge is 2.54. The van der Waals surface area contributed by atoms with Crippen molar-refractivity contribution in [1.82, 2.24) is 4.90 Å². The molecule has 1 aliphatic rings. The first-order chi connectivity index (χ1) is 9.15. The number of hydrogen-bond acceptors (Lipinski definition) is 4. The Morgan fingerprint density at radius 2 is 2.05 bits per heavy atom. The van der Waals surface area contributed by atoms with E-state index in [0.717, 1.165) is 6.42 Å². The highest BCUT2D eigenvalue weighted by Crippen LogP contribution is 2.34. The minimum Gasteiger partial charge on any atom is -0.479 e. The van der Waals surface area contributed by atoms with Crippen molar-refractivity contribution >= 4 is 29.1 Å². The van der Waals surface area contributed by atoms with E-state index in [1.165, 1.54) is 4.90 Å². The lowest BCUT2D eigenvalue weighted by atomic mass is 9.89. The standard InChI is InChI=1S/C14H23NO4S/c1-5-6-8-14(11(16)17)10(20)7-9-15(14)12(18)19-13(2,3)4/h5-9H2,1-4H3,(H,16,17)/t14-/m0/s1. The summed E-state index contributed by atoms with van der Waals surface area (Å²) in [4.78, 5) is 25.8. The molecule has 1 saturated heterocycles. The molecule has 1 heterocycles. The monoisotopic (exact) mass is 301 g/mol. The molecular formula is C14H23NO4S. The van der Waals surface area contributed by atoms with Gasteiger partial charge in [0.1, 0.15) is 5.60 Å².